The van der Waals surface area contributed by atoms with Crippen LogP contribution < -0.4 is 5.32 Å². The number of nitrogens with one attached hydrogen (secondary N) is 1. The predicted octanol–water partition coefficient (Wildman–Crippen LogP) is 1.27. The van der Waals surface area contributed by atoms with Crippen molar-refractivity contribution in [3.63, 3.8) is 0 Å². The van der Waals surface area contributed by atoms with E-state index in [2.05, 4.69) is 21.9 Å². The molecule has 0 aliphatic carbocycles. The molecule has 0 aliphatic rings. The minimum atomic E-state index is -0.346. The molecule has 0 saturated carbocycles. The van der Waals surface area contributed by atoms with Crippen molar-refractivity contribution in [3.8, 4) is 11.8 Å². The monoisotopic (exact) mass is 257 g/mol. The molecular weight excluding hydrogens is 242 g/mol. The molecule has 1 aromatic rings. The Morgan fingerprint density at radius 1 is 1.26 bits per heavy atom. The van der Waals surface area contributed by atoms with E-state index in [9.17, 15) is 9.59 Å². The van der Waals surface area contributed by atoms with Crippen LogP contribution in [0.25, 0.3) is 0 Å². The maximum atomic E-state index is 11.4. The Morgan fingerprint density at radius 2 is 2.00 bits per heavy atom. The van der Waals surface area contributed by atoms with Gasteiger partial charge in [-0.2, -0.15) is 0 Å². The fourth-order valence-electron chi connectivity index (χ4n) is 1.16. The van der Waals surface area contributed by atoms with Gasteiger partial charge in [-0.15, -0.1) is 0 Å². The summed E-state index contributed by atoms with van der Waals surface area (Å²) in [5.41, 5.74) is 0.794. The van der Waals surface area contributed by atoms with E-state index in [1.54, 1.807) is 12.2 Å². The molecule has 0 radical (unpaired) electrons. The molecule has 1 amide bonds. The molecule has 0 saturated heterocycles. The van der Waals surface area contributed by atoms with Crippen LogP contribution >= 0.6 is 0 Å². The maximum absolute atomic E-state index is 11.4. The van der Waals surface area contributed by atoms with E-state index in [1.165, 1.54) is 6.92 Å². The minimum Gasteiger partial charge on any atom is -0.462 e. The molecule has 1 N–H and O–H groups in total. The fraction of sp³-hybridized carbons (Fsp3) is 0.200. The molecule has 98 valence electrons. The Balaban J connectivity index is 2.25. The van der Waals surface area contributed by atoms with Gasteiger partial charge < -0.3 is 10.1 Å². The summed E-state index contributed by atoms with van der Waals surface area (Å²) in [5, 5.41) is 2.60. The molecule has 1 rings (SSSR count). The highest BCUT2D eigenvalue weighted by molar-refractivity contribution is 5.94. The summed E-state index contributed by atoms with van der Waals surface area (Å²) in [6.45, 7) is 1.90. The van der Waals surface area contributed by atoms with E-state index in [0.717, 1.165) is 5.56 Å². The lowest BCUT2D eigenvalue weighted by Crippen LogP contribution is -2.21. The summed E-state index contributed by atoms with van der Waals surface area (Å²) >= 11 is 0. The smallest absolute Gasteiger partial charge is 0.302 e. The second-order valence-corrected chi connectivity index (χ2v) is 3.60. The van der Waals surface area contributed by atoms with E-state index >= 15 is 0 Å². The molecule has 0 spiro atoms. The standard InChI is InChI=1S/C15H15NO3/c1-13(17)19-12-6-5-11-16-15(18)10-9-14-7-3-2-4-8-14/h2-8H,11-12H2,1H3,(H,16,18)/b6-5+. The fourth-order valence-corrected chi connectivity index (χ4v) is 1.16. The number of carbonyl (C=O) groups excluding carboxylic acids is 2. The number of benzene rings is 1. The van der Waals surface area contributed by atoms with Crippen LogP contribution in [-0.4, -0.2) is 25.0 Å². The maximum Gasteiger partial charge on any atom is 0.302 e. The lowest BCUT2D eigenvalue weighted by molar-refractivity contribution is -0.139. The van der Waals surface area contributed by atoms with E-state index in [-0.39, 0.29) is 18.5 Å². The van der Waals surface area contributed by atoms with Gasteiger partial charge in [0, 0.05) is 25.0 Å². The van der Waals surface area contributed by atoms with Crippen LogP contribution in [0.15, 0.2) is 42.5 Å². The zero-order valence-electron chi connectivity index (χ0n) is 10.7. The van der Waals surface area contributed by atoms with Crippen molar-refractivity contribution in [2.24, 2.45) is 0 Å². The SMILES string of the molecule is CC(=O)OC/C=C/CNC(=O)C#Cc1ccccc1. The number of amides is 1. The lowest BCUT2D eigenvalue weighted by Gasteiger charge is -1.96. The van der Waals surface area contributed by atoms with Gasteiger partial charge in [0.2, 0.25) is 0 Å². The van der Waals surface area contributed by atoms with Gasteiger partial charge >= 0.3 is 5.97 Å². The molecule has 0 bridgehead atoms. The second kappa shape index (κ2) is 8.54. The molecule has 0 fully saturated rings. The molecule has 1 aromatic carbocycles. The van der Waals surface area contributed by atoms with Crippen LogP contribution in [-0.2, 0) is 14.3 Å². The van der Waals surface area contributed by atoms with Crippen molar-refractivity contribution >= 4 is 11.9 Å². The highest BCUT2D eigenvalue weighted by Crippen LogP contribution is 1.94. The summed E-state index contributed by atoms with van der Waals surface area (Å²) in [7, 11) is 0. The lowest BCUT2D eigenvalue weighted by atomic mass is 10.2. The van der Waals surface area contributed by atoms with Gasteiger partial charge in [-0.05, 0) is 18.2 Å². The number of carbonyl (C=O) groups is 2. The Kier molecular flexibility index (Phi) is 6.52. The van der Waals surface area contributed by atoms with Crippen molar-refractivity contribution in [2.45, 2.75) is 6.92 Å². The molecule has 0 aliphatic heterocycles. The minimum absolute atomic E-state index is 0.209. The number of ether oxygens (including phenoxy) is 1. The molecule has 4 heteroatoms. The van der Waals surface area contributed by atoms with Gasteiger partial charge in [-0.25, -0.2) is 0 Å². The Morgan fingerprint density at radius 3 is 2.68 bits per heavy atom. The van der Waals surface area contributed by atoms with Gasteiger partial charge in [-0.3, -0.25) is 9.59 Å². The Labute approximate surface area is 112 Å². The molecule has 0 heterocycles. The Hall–Kier alpha value is -2.54. The van der Waals surface area contributed by atoms with E-state index in [1.807, 2.05) is 30.3 Å². The third-order valence-corrected chi connectivity index (χ3v) is 2.02. The predicted molar refractivity (Wildman–Crippen MR) is 72.1 cm³/mol. The first-order chi connectivity index (χ1) is 9.18. The summed E-state index contributed by atoms with van der Waals surface area (Å²) in [6, 6.07) is 9.27. The molecule has 0 unspecified atom stereocenters. The van der Waals surface area contributed by atoms with Crippen molar-refractivity contribution in [1.29, 1.82) is 0 Å². The Bertz CT molecular complexity index is 509. The van der Waals surface area contributed by atoms with E-state index < -0.39 is 0 Å². The zero-order valence-corrected chi connectivity index (χ0v) is 10.7. The molecule has 0 aromatic heterocycles. The average Bonchev–Trinajstić information content (AvgIpc) is 2.41. The van der Waals surface area contributed by atoms with Gasteiger partial charge in [0.25, 0.3) is 5.91 Å². The van der Waals surface area contributed by atoms with Crippen LogP contribution in [0, 0.1) is 11.8 Å². The van der Waals surface area contributed by atoms with Crippen molar-refractivity contribution in [2.75, 3.05) is 13.2 Å². The summed E-state index contributed by atoms with van der Waals surface area (Å²) in [6.07, 6.45) is 3.36. The quantitative estimate of drug-likeness (QED) is 0.502. The van der Waals surface area contributed by atoms with Gasteiger partial charge in [-0.1, -0.05) is 30.2 Å². The zero-order chi connectivity index (χ0) is 13.9. The first kappa shape index (κ1) is 14.5. The van der Waals surface area contributed by atoms with Crippen LogP contribution in [0.5, 0.6) is 0 Å². The van der Waals surface area contributed by atoms with Crippen LogP contribution in [0.3, 0.4) is 0 Å². The second-order valence-electron chi connectivity index (χ2n) is 3.60. The van der Waals surface area contributed by atoms with Crippen molar-refractivity contribution in [3.05, 3.63) is 48.0 Å². The highest BCUT2D eigenvalue weighted by atomic mass is 16.5. The van der Waals surface area contributed by atoms with Gasteiger partial charge in [0.1, 0.15) is 6.61 Å². The molecule has 0 atom stereocenters. The van der Waals surface area contributed by atoms with Gasteiger partial charge in [0.15, 0.2) is 0 Å². The van der Waals surface area contributed by atoms with Crippen molar-refractivity contribution in [1.82, 2.24) is 5.32 Å². The van der Waals surface area contributed by atoms with Crippen LogP contribution in [0.2, 0.25) is 0 Å². The largest absolute Gasteiger partial charge is 0.462 e. The van der Waals surface area contributed by atoms with Gasteiger partial charge in [0.05, 0.1) is 0 Å². The first-order valence-electron chi connectivity index (χ1n) is 5.82. The topological polar surface area (TPSA) is 55.4 Å². The third kappa shape index (κ3) is 7.40. The summed E-state index contributed by atoms with van der Waals surface area (Å²) in [5.74, 6) is 4.57. The summed E-state index contributed by atoms with van der Waals surface area (Å²) < 4.78 is 4.69. The number of esters is 1. The molecule has 19 heavy (non-hydrogen) atoms. The van der Waals surface area contributed by atoms with Crippen molar-refractivity contribution < 1.29 is 14.3 Å². The number of hydrogen-bond donors (Lipinski definition) is 1. The third-order valence-electron chi connectivity index (χ3n) is 2.02. The highest BCUT2D eigenvalue weighted by Gasteiger charge is 1.92. The molecular formula is C15H15NO3. The van der Waals surface area contributed by atoms with Crippen LogP contribution in [0.4, 0.5) is 0 Å². The van der Waals surface area contributed by atoms with E-state index in [0.29, 0.717) is 6.54 Å². The first-order valence-corrected chi connectivity index (χ1v) is 5.82. The average molecular weight is 257 g/mol. The van der Waals surface area contributed by atoms with Crippen LogP contribution in [0.1, 0.15) is 12.5 Å². The molecule has 4 nitrogen and oxygen atoms in total. The van der Waals surface area contributed by atoms with E-state index in [4.69, 9.17) is 0 Å². The number of rotatable bonds is 4. The summed E-state index contributed by atoms with van der Waals surface area (Å²) in [4.78, 5) is 21.8. The number of hydrogen-bond acceptors (Lipinski definition) is 3. The normalized spacial score (nSPS) is 9.53.